The van der Waals surface area contributed by atoms with E-state index in [2.05, 4.69) is 5.32 Å². The highest BCUT2D eigenvalue weighted by atomic mass is 16.5. The second-order valence-corrected chi connectivity index (χ2v) is 8.78. The van der Waals surface area contributed by atoms with Crippen LogP contribution in [0.2, 0.25) is 0 Å². The Morgan fingerprint density at radius 2 is 1.12 bits per heavy atom. The number of carbonyl (C=O) groups excluding carboxylic acids is 3. The number of anilines is 3. The van der Waals surface area contributed by atoms with Gasteiger partial charge in [-0.2, -0.15) is 0 Å². The summed E-state index contributed by atoms with van der Waals surface area (Å²) >= 11 is 0. The minimum atomic E-state index is -0.967. The van der Waals surface area contributed by atoms with Crippen molar-refractivity contribution in [2.75, 3.05) is 17.3 Å². The summed E-state index contributed by atoms with van der Waals surface area (Å²) < 4.78 is 4.71. The average Bonchev–Trinajstić information content (AvgIpc) is 2.97. The molecule has 4 aromatic carbocycles. The third kappa shape index (κ3) is 6.68. The Balaban J connectivity index is 1.40. The molecule has 2 N–H and O–H groups in total. The number of nitrogens with zero attached hydrogens (tertiary/aromatic N) is 1. The molecule has 2 amide bonds. The Labute approximate surface area is 231 Å². The topological polar surface area (TPSA) is 113 Å². The van der Waals surface area contributed by atoms with E-state index in [-0.39, 0.29) is 17.4 Å². The third-order valence-electron chi connectivity index (χ3n) is 6.04. The van der Waals surface area contributed by atoms with Gasteiger partial charge in [0.1, 0.15) is 0 Å². The number of amides is 2. The third-order valence-corrected chi connectivity index (χ3v) is 6.04. The van der Waals surface area contributed by atoms with Gasteiger partial charge in [0, 0.05) is 29.5 Å². The number of methoxy groups -OCH3 is 1. The van der Waals surface area contributed by atoms with Crippen LogP contribution < -0.4 is 10.2 Å². The van der Waals surface area contributed by atoms with Gasteiger partial charge in [0.2, 0.25) is 5.91 Å². The van der Waals surface area contributed by atoms with Crippen molar-refractivity contribution in [3.8, 4) is 0 Å². The minimum absolute atomic E-state index is 0.227. The van der Waals surface area contributed by atoms with Crippen LogP contribution >= 0.6 is 0 Å². The van der Waals surface area contributed by atoms with Crippen molar-refractivity contribution < 1.29 is 29.0 Å². The average molecular weight is 535 g/mol. The minimum Gasteiger partial charge on any atom is -0.478 e. The Bertz CT molecular complexity index is 1560. The monoisotopic (exact) mass is 534 g/mol. The van der Waals surface area contributed by atoms with Crippen LogP contribution in [-0.2, 0) is 9.53 Å². The normalized spacial score (nSPS) is 10.7. The first-order valence-corrected chi connectivity index (χ1v) is 12.3. The lowest BCUT2D eigenvalue weighted by atomic mass is 10.1. The van der Waals surface area contributed by atoms with Crippen LogP contribution in [0.15, 0.2) is 97.1 Å². The first kappa shape index (κ1) is 27.5. The lowest BCUT2D eigenvalue weighted by molar-refractivity contribution is -0.115. The molecule has 8 heteroatoms. The van der Waals surface area contributed by atoms with Gasteiger partial charge in [0.15, 0.2) is 0 Å². The smallest absolute Gasteiger partial charge is 0.337 e. The number of carbonyl (C=O) groups is 4. The summed E-state index contributed by atoms with van der Waals surface area (Å²) in [5.74, 6) is -1.96. The largest absolute Gasteiger partial charge is 0.478 e. The van der Waals surface area contributed by atoms with E-state index >= 15 is 0 Å². The van der Waals surface area contributed by atoms with Crippen LogP contribution in [0.25, 0.3) is 12.2 Å². The molecular formula is C32H26N2O6. The molecule has 0 fully saturated rings. The number of rotatable bonds is 8. The summed E-state index contributed by atoms with van der Waals surface area (Å²) in [5, 5.41) is 11.9. The van der Waals surface area contributed by atoms with E-state index in [9.17, 15) is 19.2 Å². The molecule has 0 heterocycles. The number of aromatic carboxylic acids is 1. The number of hydrogen-bond acceptors (Lipinski definition) is 5. The highest BCUT2D eigenvalue weighted by Gasteiger charge is 2.16. The summed E-state index contributed by atoms with van der Waals surface area (Å²) in [6, 6.07) is 27.0. The van der Waals surface area contributed by atoms with Gasteiger partial charge in [0.05, 0.1) is 18.2 Å². The number of esters is 1. The summed E-state index contributed by atoms with van der Waals surface area (Å²) in [7, 11) is 1.30. The maximum Gasteiger partial charge on any atom is 0.337 e. The fraction of sp³-hybridized carbons (Fsp3) is 0.0625. The van der Waals surface area contributed by atoms with Crippen molar-refractivity contribution in [1.29, 1.82) is 0 Å². The predicted octanol–water partition coefficient (Wildman–Crippen LogP) is 6.28. The number of carboxylic acids is 1. The van der Waals surface area contributed by atoms with Gasteiger partial charge in [-0.1, -0.05) is 36.4 Å². The predicted molar refractivity (Wildman–Crippen MR) is 154 cm³/mol. The molecule has 4 aromatic rings. The molecule has 8 nitrogen and oxygen atoms in total. The molecule has 4 rings (SSSR count). The Morgan fingerprint density at radius 1 is 0.675 bits per heavy atom. The van der Waals surface area contributed by atoms with Crippen LogP contribution in [0.1, 0.15) is 49.1 Å². The standard InChI is InChI=1S/C32H26N2O6/c1-21(35)34(29-19-13-26(14-20-29)32(39)40-2)28-17-11-24(12-18-28)30(36)33-27-15-7-23(8-16-27)4-3-22-5-9-25(10-6-22)31(37)38/h3-20H,1-2H3,(H,33,36)(H,37,38). The zero-order valence-corrected chi connectivity index (χ0v) is 21.8. The molecule has 0 aromatic heterocycles. The van der Waals surface area contributed by atoms with E-state index in [0.29, 0.717) is 28.2 Å². The second kappa shape index (κ2) is 12.4. The van der Waals surface area contributed by atoms with Crippen LogP contribution in [0.4, 0.5) is 17.1 Å². The van der Waals surface area contributed by atoms with E-state index in [1.807, 2.05) is 24.3 Å². The molecule has 0 unspecified atom stereocenters. The van der Waals surface area contributed by atoms with E-state index in [4.69, 9.17) is 9.84 Å². The van der Waals surface area contributed by atoms with E-state index < -0.39 is 11.9 Å². The summed E-state index contributed by atoms with van der Waals surface area (Å²) in [4.78, 5) is 49.4. The number of carboxylic acid groups (broad SMARTS) is 1. The van der Waals surface area contributed by atoms with Gasteiger partial charge in [-0.3, -0.25) is 14.5 Å². The molecule has 200 valence electrons. The first-order chi connectivity index (χ1) is 19.2. The van der Waals surface area contributed by atoms with E-state index in [0.717, 1.165) is 11.1 Å². The van der Waals surface area contributed by atoms with Crippen LogP contribution in [-0.4, -0.2) is 36.0 Å². The fourth-order valence-corrected chi connectivity index (χ4v) is 3.95. The molecule has 40 heavy (non-hydrogen) atoms. The van der Waals surface area contributed by atoms with Gasteiger partial charge in [-0.25, -0.2) is 9.59 Å². The lowest BCUT2D eigenvalue weighted by Gasteiger charge is -2.22. The molecule has 0 aliphatic heterocycles. The zero-order valence-electron chi connectivity index (χ0n) is 21.8. The van der Waals surface area contributed by atoms with Crippen LogP contribution in [0, 0.1) is 0 Å². The van der Waals surface area contributed by atoms with E-state index in [1.165, 1.54) is 18.9 Å². The zero-order chi connectivity index (χ0) is 28.6. The summed E-state index contributed by atoms with van der Waals surface area (Å²) in [6.07, 6.45) is 3.77. The molecule has 0 bridgehead atoms. The fourth-order valence-electron chi connectivity index (χ4n) is 3.95. The van der Waals surface area contributed by atoms with Gasteiger partial charge in [0.25, 0.3) is 5.91 Å². The molecule has 0 saturated heterocycles. The van der Waals surface area contributed by atoms with Crippen molar-refractivity contribution in [3.05, 3.63) is 125 Å². The molecule has 0 aliphatic rings. The molecule has 0 radical (unpaired) electrons. The van der Waals surface area contributed by atoms with Crippen LogP contribution in [0.3, 0.4) is 0 Å². The van der Waals surface area contributed by atoms with Gasteiger partial charge in [-0.05, 0) is 83.9 Å². The van der Waals surface area contributed by atoms with Gasteiger partial charge >= 0.3 is 11.9 Å². The van der Waals surface area contributed by atoms with Crippen molar-refractivity contribution >= 4 is 53.0 Å². The van der Waals surface area contributed by atoms with Gasteiger partial charge < -0.3 is 15.2 Å². The first-order valence-electron chi connectivity index (χ1n) is 12.3. The van der Waals surface area contributed by atoms with Crippen LogP contribution in [0.5, 0.6) is 0 Å². The number of ether oxygens (including phenoxy) is 1. The number of benzene rings is 4. The highest BCUT2D eigenvalue weighted by Crippen LogP contribution is 2.27. The second-order valence-electron chi connectivity index (χ2n) is 8.78. The van der Waals surface area contributed by atoms with E-state index in [1.54, 1.807) is 84.9 Å². The Kier molecular flexibility index (Phi) is 8.51. The summed E-state index contributed by atoms with van der Waals surface area (Å²) in [6.45, 7) is 1.43. The Hall–Kier alpha value is -5.50. The maximum atomic E-state index is 12.8. The van der Waals surface area contributed by atoms with Crippen molar-refractivity contribution in [3.63, 3.8) is 0 Å². The highest BCUT2D eigenvalue weighted by molar-refractivity contribution is 6.05. The molecule has 0 atom stereocenters. The molecule has 0 saturated carbocycles. The van der Waals surface area contributed by atoms with Gasteiger partial charge in [-0.15, -0.1) is 0 Å². The molecular weight excluding hydrogens is 508 g/mol. The SMILES string of the molecule is COC(=O)c1ccc(N(C(C)=O)c2ccc(C(=O)Nc3ccc(C=Cc4ccc(C(=O)O)cc4)cc3)cc2)cc1. The summed E-state index contributed by atoms with van der Waals surface area (Å²) in [5.41, 5.74) is 4.57. The molecule has 0 aliphatic carbocycles. The number of nitrogens with one attached hydrogen (secondary N) is 1. The maximum absolute atomic E-state index is 12.8. The quantitative estimate of drug-likeness (QED) is 0.203. The Morgan fingerprint density at radius 3 is 1.57 bits per heavy atom. The number of hydrogen-bond donors (Lipinski definition) is 2. The molecule has 0 spiro atoms. The van der Waals surface area contributed by atoms with Crippen molar-refractivity contribution in [1.82, 2.24) is 0 Å². The van der Waals surface area contributed by atoms with Crippen molar-refractivity contribution in [2.24, 2.45) is 0 Å². The van der Waals surface area contributed by atoms with Crippen molar-refractivity contribution in [2.45, 2.75) is 6.92 Å². The lowest BCUT2D eigenvalue weighted by Crippen LogP contribution is -2.23.